The third-order valence-corrected chi connectivity index (χ3v) is 2.79. The highest BCUT2D eigenvalue weighted by Crippen LogP contribution is 2.10. The average molecular weight is 227 g/mol. The van der Waals surface area contributed by atoms with Crippen molar-refractivity contribution in [2.24, 2.45) is 0 Å². The Morgan fingerprint density at radius 1 is 1.47 bits per heavy atom. The van der Waals surface area contributed by atoms with Gasteiger partial charge < -0.3 is 10.6 Å². The maximum atomic E-state index is 5.64. The van der Waals surface area contributed by atoms with Gasteiger partial charge >= 0.3 is 0 Å². The predicted octanol–water partition coefficient (Wildman–Crippen LogP) is 1.68. The van der Waals surface area contributed by atoms with Gasteiger partial charge in [-0.3, -0.25) is 0 Å². The summed E-state index contributed by atoms with van der Waals surface area (Å²) in [5.41, 5.74) is 0. The second-order valence-electron chi connectivity index (χ2n) is 3.75. The summed E-state index contributed by atoms with van der Waals surface area (Å²) in [6.45, 7) is 2.08. The molecule has 1 aliphatic rings. The Labute approximate surface area is 94.4 Å². The van der Waals surface area contributed by atoms with Crippen LogP contribution in [0.3, 0.4) is 0 Å². The Hall–Kier alpha value is -0.870. The Morgan fingerprint density at radius 3 is 3.07 bits per heavy atom. The van der Waals surface area contributed by atoms with E-state index in [1.54, 1.807) is 6.07 Å². The highest BCUT2D eigenvalue weighted by atomic mass is 35.5. The van der Waals surface area contributed by atoms with Crippen molar-refractivity contribution in [1.82, 2.24) is 15.5 Å². The van der Waals surface area contributed by atoms with E-state index in [-0.39, 0.29) is 0 Å². The normalized spacial score (nSPS) is 20.5. The summed E-state index contributed by atoms with van der Waals surface area (Å²) in [5.74, 6) is 0.789. The van der Waals surface area contributed by atoms with Crippen molar-refractivity contribution < 1.29 is 0 Å². The van der Waals surface area contributed by atoms with E-state index >= 15 is 0 Å². The van der Waals surface area contributed by atoms with E-state index in [9.17, 15) is 0 Å². The molecule has 0 spiro atoms. The molecule has 1 saturated heterocycles. The van der Waals surface area contributed by atoms with E-state index in [0.29, 0.717) is 11.2 Å². The first-order chi connectivity index (χ1) is 7.34. The second kappa shape index (κ2) is 5.28. The number of anilines is 1. The van der Waals surface area contributed by atoms with Gasteiger partial charge in [0.1, 0.15) is 5.82 Å². The molecule has 0 radical (unpaired) electrons. The van der Waals surface area contributed by atoms with Crippen LogP contribution in [0, 0.1) is 0 Å². The highest BCUT2D eigenvalue weighted by Gasteiger charge is 2.12. The number of nitrogens with zero attached hydrogens (tertiary/aromatic N) is 2. The molecular weight excluding hydrogens is 212 g/mol. The molecule has 0 amide bonds. The molecule has 0 saturated carbocycles. The van der Waals surface area contributed by atoms with Crippen LogP contribution in [0.5, 0.6) is 0 Å². The van der Waals surface area contributed by atoms with Crippen LogP contribution in [0.4, 0.5) is 5.82 Å². The lowest BCUT2D eigenvalue weighted by atomic mass is 10.1. The fourth-order valence-corrected chi connectivity index (χ4v) is 1.89. The van der Waals surface area contributed by atoms with Crippen LogP contribution < -0.4 is 10.6 Å². The summed E-state index contributed by atoms with van der Waals surface area (Å²) in [4.78, 5) is 0. The Bertz CT molecular complexity index is 295. The van der Waals surface area contributed by atoms with Crippen molar-refractivity contribution >= 4 is 17.4 Å². The highest BCUT2D eigenvalue weighted by molar-refractivity contribution is 6.29. The molecule has 0 aromatic carbocycles. The Balaban J connectivity index is 1.71. The van der Waals surface area contributed by atoms with Gasteiger partial charge in [0.15, 0.2) is 5.15 Å². The van der Waals surface area contributed by atoms with Crippen LogP contribution in [0.1, 0.15) is 19.3 Å². The first-order valence-corrected chi connectivity index (χ1v) is 5.69. The van der Waals surface area contributed by atoms with E-state index in [2.05, 4.69) is 20.8 Å². The van der Waals surface area contributed by atoms with Crippen LogP contribution in [0.2, 0.25) is 5.15 Å². The molecule has 1 atom stereocenters. The van der Waals surface area contributed by atoms with Gasteiger partial charge in [0.25, 0.3) is 0 Å². The van der Waals surface area contributed by atoms with Gasteiger partial charge in [0, 0.05) is 12.6 Å². The van der Waals surface area contributed by atoms with Crippen molar-refractivity contribution in [2.45, 2.75) is 25.3 Å². The molecule has 1 aromatic heterocycles. The van der Waals surface area contributed by atoms with Gasteiger partial charge in [-0.05, 0) is 37.9 Å². The van der Waals surface area contributed by atoms with Gasteiger partial charge in [-0.15, -0.1) is 10.2 Å². The van der Waals surface area contributed by atoms with Crippen LogP contribution >= 0.6 is 11.6 Å². The molecule has 15 heavy (non-hydrogen) atoms. The maximum Gasteiger partial charge on any atom is 0.151 e. The first kappa shape index (κ1) is 10.6. The minimum absolute atomic E-state index is 0.429. The van der Waals surface area contributed by atoms with Gasteiger partial charge in [-0.25, -0.2) is 0 Å². The van der Waals surface area contributed by atoms with Crippen molar-refractivity contribution in [3.05, 3.63) is 17.3 Å². The fraction of sp³-hybridized carbons (Fsp3) is 0.600. The molecule has 2 heterocycles. The zero-order chi connectivity index (χ0) is 10.5. The Kier molecular flexibility index (Phi) is 3.75. The number of nitrogens with one attached hydrogen (secondary N) is 2. The molecule has 2 N–H and O–H groups in total. The summed E-state index contributed by atoms with van der Waals surface area (Å²) >= 11 is 5.64. The van der Waals surface area contributed by atoms with Crippen molar-refractivity contribution in [3.8, 4) is 0 Å². The summed E-state index contributed by atoms with van der Waals surface area (Å²) in [6.07, 6.45) is 3.71. The average Bonchev–Trinajstić information content (AvgIpc) is 2.74. The summed E-state index contributed by atoms with van der Waals surface area (Å²) in [5, 5.41) is 14.8. The number of halogens is 1. The quantitative estimate of drug-likeness (QED) is 0.821. The minimum Gasteiger partial charge on any atom is -0.369 e. The summed E-state index contributed by atoms with van der Waals surface area (Å²) < 4.78 is 0. The van der Waals surface area contributed by atoms with Crippen molar-refractivity contribution in [2.75, 3.05) is 18.4 Å². The molecule has 0 aliphatic carbocycles. The van der Waals surface area contributed by atoms with E-state index in [1.807, 2.05) is 6.07 Å². The van der Waals surface area contributed by atoms with E-state index in [4.69, 9.17) is 11.6 Å². The number of hydrogen-bond donors (Lipinski definition) is 2. The van der Waals surface area contributed by atoms with Crippen LogP contribution in [-0.2, 0) is 0 Å². The molecule has 1 aromatic rings. The predicted molar refractivity (Wildman–Crippen MR) is 61.2 cm³/mol. The molecule has 5 heteroatoms. The number of hydrogen-bond acceptors (Lipinski definition) is 4. The van der Waals surface area contributed by atoms with Crippen LogP contribution in [0.15, 0.2) is 12.1 Å². The van der Waals surface area contributed by atoms with E-state index in [1.165, 1.54) is 12.8 Å². The first-order valence-electron chi connectivity index (χ1n) is 5.31. The zero-order valence-electron chi connectivity index (χ0n) is 8.54. The molecular formula is C10H15ClN4. The van der Waals surface area contributed by atoms with Gasteiger partial charge in [0.2, 0.25) is 0 Å². The Morgan fingerprint density at radius 2 is 2.40 bits per heavy atom. The van der Waals surface area contributed by atoms with Crippen molar-refractivity contribution in [3.63, 3.8) is 0 Å². The maximum absolute atomic E-state index is 5.64. The molecule has 0 unspecified atom stereocenters. The lowest BCUT2D eigenvalue weighted by Gasteiger charge is -2.10. The van der Waals surface area contributed by atoms with Crippen molar-refractivity contribution in [1.29, 1.82) is 0 Å². The molecule has 1 fully saturated rings. The third-order valence-electron chi connectivity index (χ3n) is 2.59. The number of aromatic nitrogens is 2. The molecule has 0 bridgehead atoms. The molecule has 2 rings (SSSR count). The standard InChI is InChI=1S/C10H15ClN4/c11-9-3-4-10(15-14-9)13-7-5-8-2-1-6-12-8/h3-4,8,12H,1-2,5-7H2,(H,13,15)/t8-/m0/s1. The fourth-order valence-electron chi connectivity index (χ4n) is 1.79. The van der Waals surface area contributed by atoms with Gasteiger partial charge in [0.05, 0.1) is 0 Å². The van der Waals surface area contributed by atoms with Crippen LogP contribution in [0.25, 0.3) is 0 Å². The third kappa shape index (κ3) is 3.32. The van der Waals surface area contributed by atoms with E-state index in [0.717, 1.165) is 25.3 Å². The SMILES string of the molecule is Clc1ccc(NCC[C@@H]2CCCN2)nn1. The number of rotatable bonds is 4. The lowest BCUT2D eigenvalue weighted by molar-refractivity contribution is 0.574. The van der Waals surface area contributed by atoms with Crippen LogP contribution in [-0.4, -0.2) is 29.3 Å². The smallest absolute Gasteiger partial charge is 0.151 e. The largest absolute Gasteiger partial charge is 0.369 e. The molecule has 4 nitrogen and oxygen atoms in total. The molecule has 82 valence electrons. The molecule has 1 aliphatic heterocycles. The second-order valence-corrected chi connectivity index (χ2v) is 4.14. The monoisotopic (exact) mass is 226 g/mol. The van der Waals surface area contributed by atoms with Gasteiger partial charge in [-0.1, -0.05) is 11.6 Å². The topological polar surface area (TPSA) is 49.8 Å². The van der Waals surface area contributed by atoms with Gasteiger partial charge in [-0.2, -0.15) is 0 Å². The summed E-state index contributed by atoms with van der Waals surface area (Å²) in [6, 6.07) is 4.25. The summed E-state index contributed by atoms with van der Waals surface area (Å²) in [7, 11) is 0. The van der Waals surface area contributed by atoms with E-state index < -0.39 is 0 Å². The lowest BCUT2D eigenvalue weighted by Crippen LogP contribution is -2.24. The zero-order valence-corrected chi connectivity index (χ0v) is 9.30. The minimum atomic E-state index is 0.429.